The third-order valence-electron chi connectivity index (χ3n) is 2.80. The molecule has 0 fully saturated rings. The van der Waals surface area contributed by atoms with Gasteiger partial charge in [0.15, 0.2) is 0 Å². The predicted octanol–water partition coefficient (Wildman–Crippen LogP) is 1.52. The van der Waals surface area contributed by atoms with Gasteiger partial charge in [0.1, 0.15) is 0 Å². The first-order chi connectivity index (χ1) is 9.29. The lowest BCUT2D eigenvalue weighted by molar-refractivity contribution is -0.121. The summed E-state index contributed by atoms with van der Waals surface area (Å²) in [6.45, 7) is 1.26. The molecule has 20 heavy (non-hydrogen) atoms. The number of carbonyl (C=O) groups excluding carboxylic acids is 1. The minimum Gasteiger partial charge on any atom is -0.352 e. The Morgan fingerprint density at radius 2 is 2.05 bits per heavy atom. The van der Waals surface area contributed by atoms with Crippen molar-refractivity contribution in [2.45, 2.75) is 13.0 Å². The van der Waals surface area contributed by atoms with E-state index < -0.39 is 0 Å². The van der Waals surface area contributed by atoms with Gasteiger partial charge in [0, 0.05) is 31.9 Å². The number of nitrogens with zero attached hydrogens (tertiary/aromatic N) is 2. The second-order valence-electron chi connectivity index (χ2n) is 4.25. The number of amides is 1. The lowest BCUT2D eigenvalue weighted by atomic mass is 10.2. The van der Waals surface area contributed by atoms with Crippen LogP contribution in [-0.4, -0.2) is 29.3 Å². The van der Waals surface area contributed by atoms with Crippen LogP contribution >= 0.6 is 12.4 Å². The summed E-state index contributed by atoms with van der Waals surface area (Å²) in [4.78, 5) is 11.5. The molecule has 0 bridgehead atoms. The minimum absolute atomic E-state index is 0. The first-order valence-electron chi connectivity index (χ1n) is 6.30. The van der Waals surface area contributed by atoms with Gasteiger partial charge in [-0.05, 0) is 30.8 Å². The summed E-state index contributed by atoms with van der Waals surface area (Å²) in [5.41, 5.74) is 2.09. The normalized spacial score (nSPS) is 9.85. The van der Waals surface area contributed by atoms with Gasteiger partial charge in [-0.3, -0.25) is 4.79 Å². The first-order valence-corrected chi connectivity index (χ1v) is 6.30. The Morgan fingerprint density at radius 3 is 2.65 bits per heavy atom. The van der Waals surface area contributed by atoms with Crippen molar-refractivity contribution in [1.82, 2.24) is 20.4 Å². The van der Waals surface area contributed by atoms with Crippen molar-refractivity contribution in [2.24, 2.45) is 0 Å². The van der Waals surface area contributed by atoms with Gasteiger partial charge in [-0.15, -0.1) is 12.4 Å². The van der Waals surface area contributed by atoms with E-state index in [2.05, 4.69) is 15.7 Å². The number of aromatic nitrogens is 2. The van der Waals surface area contributed by atoms with Crippen LogP contribution in [0.4, 0.5) is 0 Å². The molecule has 0 saturated carbocycles. The molecule has 0 aliphatic heterocycles. The monoisotopic (exact) mass is 294 g/mol. The topological polar surface area (TPSA) is 59.0 Å². The number of nitrogens with one attached hydrogen (secondary N) is 2. The van der Waals surface area contributed by atoms with Crippen LogP contribution in [0, 0.1) is 0 Å². The van der Waals surface area contributed by atoms with Gasteiger partial charge in [-0.2, -0.15) is 5.10 Å². The summed E-state index contributed by atoms with van der Waals surface area (Å²) in [5, 5.41) is 10.0. The van der Waals surface area contributed by atoms with Crippen LogP contribution in [0.1, 0.15) is 12.0 Å². The summed E-state index contributed by atoms with van der Waals surface area (Å²) in [5.74, 6) is 0.0607. The van der Waals surface area contributed by atoms with E-state index in [1.807, 2.05) is 43.6 Å². The van der Waals surface area contributed by atoms with Gasteiger partial charge in [0.25, 0.3) is 0 Å². The highest BCUT2D eigenvalue weighted by Crippen LogP contribution is 2.08. The highest BCUT2D eigenvalue weighted by molar-refractivity contribution is 5.85. The van der Waals surface area contributed by atoms with E-state index in [9.17, 15) is 4.79 Å². The van der Waals surface area contributed by atoms with Gasteiger partial charge < -0.3 is 10.6 Å². The number of halogens is 1. The van der Waals surface area contributed by atoms with Crippen molar-refractivity contribution in [3.8, 4) is 5.69 Å². The molecule has 0 radical (unpaired) electrons. The molecule has 0 saturated heterocycles. The average Bonchev–Trinajstić information content (AvgIpc) is 2.97. The highest BCUT2D eigenvalue weighted by atomic mass is 35.5. The smallest absolute Gasteiger partial charge is 0.221 e. The Morgan fingerprint density at radius 1 is 1.30 bits per heavy atom. The third-order valence-corrected chi connectivity index (χ3v) is 2.80. The third kappa shape index (κ3) is 4.68. The number of rotatable bonds is 6. The van der Waals surface area contributed by atoms with E-state index in [4.69, 9.17) is 0 Å². The fourth-order valence-corrected chi connectivity index (χ4v) is 1.72. The molecule has 0 atom stereocenters. The fraction of sp³-hybridized carbons (Fsp3) is 0.286. The number of hydrogen-bond acceptors (Lipinski definition) is 3. The zero-order chi connectivity index (χ0) is 13.5. The molecule has 0 aliphatic carbocycles. The lowest BCUT2D eigenvalue weighted by Crippen LogP contribution is -2.26. The zero-order valence-electron chi connectivity index (χ0n) is 11.4. The van der Waals surface area contributed by atoms with Crippen LogP contribution in [0.5, 0.6) is 0 Å². The van der Waals surface area contributed by atoms with Crippen LogP contribution < -0.4 is 10.6 Å². The van der Waals surface area contributed by atoms with Crippen LogP contribution in [-0.2, 0) is 11.3 Å². The molecule has 2 rings (SSSR count). The molecule has 1 heterocycles. The van der Waals surface area contributed by atoms with E-state index in [0.29, 0.717) is 19.5 Å². The van der Waals surface area contributed by atoms with Gasteiger partial charge in [-0.25, -0.2) is 4.68 Å². The summed E-state index contributed by atoms with van der Waals surface area (Å²) < 4.78 is 1.80. The molecule has 0 aliphatic rings. The van der Waals surface area contributed by atoms with E-state index in [-0.39, 0.29) is 18.3 Å². The van der Waals surface area contributed by atoms with E-state index in [1.165, 1.54) is 0 Å². The molecule has 1 aromatic carbocycles. The predicted molar refractivity (Wildman–Crippen MR) is 81.2 cm³/mol. The van der Waals surface area contributed by atoms with Gasteiger partial charge in [0.2, 0.25) is 5.91 Å². The van der Waals surface area contributed by atoms with Crippen molar-refractivity contribution in [1.29, 1.82) is 0 Å². The standard InChI is InChI=1S/C14H18N4O.ClH/c1-15-9-7-14(19)16-11-12-3-5-13(6-4-12)18-10-2-8-17-18;/h2-6,8,10,15H,7,9,11H2,1H3,(H,16,19);1H. The van der Waals surface area contributed by atoms with Crippen LogP contribution in [0.25, 0.3) is 5.69 Å². The summed E-state index contributed by atoms with van der Waals surface area (Å²) in [7, 11) is 1.83. The molecular weight excluding hydrogens is 276 g/mol. The highest BCUT2D eigenvalue weighted by Gasteiger charge is 2.01. The molecule has 0 unspecified atom stereocenters. The minimum atomic E-state index is 0. The second-order valence-corrected chi connectivity index (χ2v) is 4.25. The van der Waals surface area contributed by atoms with Crippen molar-refractivity contribution >= 4 is 18.3 Å². The molecular formula is C14H19ClN4O. The van der Waals surface area contributed by atoms with Crippen molar-refractivity contribution in [3.63, 3.8) is 0 Å². The zero-order valence-corrected chi connectivity index (χ0v) is 12.2. The number of hydrogen-bond donors (Lipinski definition) is 2. The largest absolute Gasteiger partial charge is 0.352 e. The molecule has 5 nitrogen and oxygen atoms in total. The lowest BCUT2D eigenvalue weighted by Gasteiger charge is -2.06. The van der Waals surface area contributed by atoms with E-state index in [1.54, 1.807) is 10.9 Å². The van der Waals surface area contributed by atoms with Crippen LogP contribution in [0.3, 0.4) is 0 Å². The van der Waals surface area contributed by atoms with Crippen LogP contribution in [0.15, 0.2) is 42.7 Å². The number of benzene rings is 1. The number of carbonyl (C=O) groups is 1. The van der Waals surface area contributed by atoms with Crippen LogP contribution in [0.2, 0.25) is 0 Å². The van der Waals surface area contributed by atoms with Crippen molar-refractivity contribution in [3.05, 3.63) is 48.3 Å². The Labute approximate surface area is 124 Å². The summed E-state index contributed by atoms with van der Waals surface area (Å²) in [6.07, 6.45) is 4.15. The Bertz CT molecular complexity index is 510. The van der Waals surface area contributed by atoms with Gasteiger partial charge >= 0.3 is 0 Å². The average molecular weight is 295 g/mol. The first kappa shape index (κ1) is 16.2. The quantitative estimate of drug-likeness (QED) is 0.849. The molecule has 6 heteroatoms. The van der Waals surface area contributed by atoms with Gasteiger partial charge in [-0.1, -0.05) is 12.1 Å². The SMILES string of the molecule is CNCCC(=O)NCc1ccc(-n2cccn2)cc1.Cl. The molecule has 108 valence electrons. The molecule has 1 aromatic heterocycles. The van der Waals surface area contributed by atoms with Crippen molar-refractivity contribution < 1.29 is 4.79 Å². The van der Waals surface area contributed by atoms with Gasteiger partial charge in [0.05, 0.1) is 5.69 Å². The molecule has 2 N–H and O–H groups in total. The maximum Gasteiger partial charge on any atom is 0.221 e. The second kappa shape index (κ2) is 8.35. The fourth-order valence-electron chi connectivity index (χ4n) is 1.72. The Kier molecular flexibility index (Phi) is 6.76. The molecule has 2 aromatic rings. The summed E-state index contributed by atoms with van der Waals surface area (Å²) >= 11 is 0. The summed E-state index contributed by atoms with van der Waals surface area (Å²) in [6, 6.07) is 9.85. The van der Waals surface area contributed by atoms with Crippen molar-refractivity contribution in [2.75, 3.05) is 13.6 Å². The van der Waals surface area contributed by atoms with E-state index in [0.717, 1.165) is 11.3 Å². The molecule has 1 amide bonds. The maximum absolute atomic E-state index is 11.5. The Balaban J connectivity index is 0.00000200. The molecule has 0 spiro atoms. The maximum atomic E-state index is 11.5. The van der Waals surface area contributed by atoms with E-state index >= 15 is 0 Å². The Hall–Kier alpha value is -1.85.